The van der Waals surface area contributed by atoms with Gasteiger partial charge in [-0.3, -0.25) is 0 Å². The van der Waals surface area contributed by atoms with Crippen molar-refractivity contribution in [1.29, 1.82) is 0 Å². The molecule has 0 radical (unpaired) electrons. The zero-order valence-corrected chi connectivity index (χ0v) is 10.6. The molecule has 18 heavy (non-hydrogen) atoms. The van der Waals surface area contributed by atoms with Gasteiger partial charge in [0.05, 0.1) is 6.54 Å². The molecule has 0 bridgehead atoms. The maximum Gasteiger partial charge on any atom is 0.127 e. The summed E-state index contributed by atoms with van der Waals surface area (Å²) >= 11 is 0. The van der Waals surface area contributed by atoms with Gasteiger partial charge in [0.15, 0.2) is 0 Å². The lowest BCUT2D eigenvalue weighted by molar-refractivity contribution is 0.412. The lowest BCUT2D eigenvalue weighted by Crippen LogP contribution is -2.07. The topological polar surface area (TPSA) is 51.0 Å². The maximum atomic E-state index is 4.91. The van der Waals surface area contributed by atoms with Crippen LogP contribution in [0.15, 0.2) is 23.0 Å². The van der Waals surface area contributed by atoms with E-state index in [1.54, 1.807) is 6.26 Å². The Morgan fingerprint density at radius 3 is 2.89 bits per heavy atom. The number of nitrogens with one attached hydrogen (secondary N) is 1. The van der Waals surface area contributed by atoms with Gasteiger partial charge in [-0.1, -0.05) is 5.16 Å². The summed E-state index contributed by atoms with van der Waals surface area (Å²) in [5.41, 5.74) is 4.86. The Balaban J connectivity index is 1.71. The fourth-order valence-electron chi connectivity index (χ4n) is 2.37. The number of aromatic nitrogens is 2. The van der Waals surface area contributed by atoms with E-state index in [0.29, 0.717) is 6.54 Å². The van der Waals surface area contributed by atoms with Crippen molar-refractivity contribution in [3.05, 3.63) is 40.9 Å². The summed E-state index contributed by atoms with van der Waals surface area (Å²) in [6.45, 7) is 2.65. The van der Waals surface area contributed by atoms with E-state index in [-0.39, 0.29) is 0 Å². The lowest BCUT2D eigenvalue weighted by atomic mass is 9.93. The van der Waals surface area contributed by atoms with Crippen molar-refractivity contribution in [3.63, 3.8) is 0 Å². The van der Waals surface area contributed by atoms with E-state index in [1.165, 1.54) is 36.8 Å². The highest BCUT2D eigenvalue weighted by Gasteiger charge is 2.10. The smallest absolute Gasteiger partial charge is 0.127 e. The molecule has 2 aromatic heterocycles. The second-order valence-electron chi connectivity index (χ2n) is 4.84. The van der Waals surface area contributed by atoms with E-state index in [9.17, 15) is 0 Å². The first-order valence-electron chi connectivity index (χ1n) is 6.44. The molecule has 0 saturated carbocycles. The minimum Gasteiger partial charge on any atom is -0.364 e. The van der Waals surface area contributed by atoms with E-state index < -0.39 is 0 Å². The van der Waals surface area contributed by atoms with Crippen LogP contribution in [0.4, 0.5) is 5.82 Å². The average molecular weight is 243 g/mol. The summed E-state index contributed by atoms with van der Waals surface area (Å²) in [6.07, 6.45) is 8.60. The number of nitrogens with zero attached hydrogens (tertiary/aromatic N) is 2. The van der Waals surface area contributed by atoms with Crippen LogP contribution in [0.2, 0.25) is 0 Å². The minimum absolute atomic E-state index is 0.661. The molecule has 0 fully saturated rings. The van der Waals surface area contributed by atoms with Crippen molar-refractivity contribution in [2.45, 2.75) is 39.2 Å². The molecule has 0 aromatic carbocycles. The molecular formula is C14H17N3O. The van der Waals surface area contributed by atoms with Crippen molar-refractivity contribution < 1.29 is 4.52 Å². The van der Waals surface area contributed by atoms with Crippen LogP contribution in [0.3, 0.4) is 0 Å². The monoisotopic (exact) mass is 243 g/mol. The molecule has 2 heterocycles. The number of hydrogen-bond donors (Lipinski definition) is 1. The minimum atomic E-state index is 0.661. The Labute approximate surface area is 106 Å². The van der Waals surface area contributed by atoms with Gasteiger partial charge in [0, 0.05) is 11.8 Å². The van der Waals surface area contributed by atoms with E-state index >= 15 is 0 Å². The van der Waals surface area contributed by atoms with Gasteiger partial charge in [0.1, 0.15) is 17.8 Å². The van der Waals surface area contributed by atoms with Gasteiger partial charge < -0.3 is 9.84 Å². The second-order valence-corrected chi connectivity index (χ2v) is 4.84. The fourth-order valence-corrected chi connectivity index (χ4v) is 2.37. The molecule has 0 amide bonds. The highest BCUT2D eigenvalue weighted by atomic mass is 16.5. The van der Waals surface area contributed by atoms with Crippen LogP contribution in [0.1, 0.15) is 35.2 Å². The Hall–Kier alpha value is -1.84. The SMILES string of the molecule is Cc1conc1CNc1cc2c(cn1)CCCC2. The first-order chi connectivity index (χ1) is 8.83. The number of fused-ring (bicyclic) bond motifs is 1. The Morgan fingerprint density at radius 1 is 1.28 bits per heavy atom. The summed E-state index contributed by atoms with van der Waals surface area (Å²) in [7, 11) is 0. The molecule has 1 aliphatic rings. The van der Waals surface area contributed by atoms with Crippen LogP contribution in [-0.2, 0) is 19.4 Å². The molecule has 4 nitrogen and oxygen atoms in total. The summed E-state index contributed by atoms with van der Waals surface area (Å²) in [5.74, 6) is 0.929. The predicted molar refractivity (Wildman–Crippen MR) is 69.4 cm³/mol. The molecule has 94 valence electrons. The van der Waals surface area contributed by atoms with Gasteiger partial charge in [0.25, 0.3) is 0 Å². The van der Waals surface area contributed by atoms with E-state index in [0.717, 1.165) is 17.1 Å². The third-order valence-electron chi connectivity index (χ3n) is 3.51. The molecule has 0 atom stereocenters. The molecule has 2 aromatic rings. The molecule has 4 heteroatoms. The third kappa shape index (κ3) is 2.23. The summed E-state index contributed by atoms with van der Waals surface area (Å²) in [6, 6.07) is 2.17. The second kappa shape index (κ2) is 4.80. The van der Waals surface area contributed by atoms with Crippen molar-refractivity contribution in [1.82, 2.24) is 10.1 Å². The van der Waals surface area contributed by atoms with Crippen molar-refractivity contribution in [2.24, 2.45) is 0 Å². The van der Waals surface area contributed by atoms with Gasteiger partial charge in [-0.2, -0.15) is 0 Å². The molecule has 0 aliphatic heterocycles. The van der Waals surface area contributed by atoms with Gasteiger partial charge in [0.2, 0.25) is 0 Å². The van der Waals surface area contributed by atoms with Gasteiger partial charge in [-0.05, 0) is 49.8 Å². The van der Waals surface area contributed by atoms with Crippen LogP contribution < -0.4 is 5.32 Å². The standard InChI is InChI=1S/C14H17N3O/c1-10-9-18-17-13(10)8-16-14-6-11-4-2-3-5-12(11)7-15-14/h6-7,9H,2-5,8H2,1H3,(H,15,16). The summed E-state index contributed by atoms with van der Waals surface area (Å²) in [5, 5.41) is 7.26. The number of aryl methyl sites for hydroxylation is 3. The quantitative estimate of drug-likeness (QED) is 0.900. The molecule has 0 saturated heterocycles. The summed E-state index contributed by atoms with van der Waals surface area (Å²) < 4.78 is 4.91. The fraction of sp³-hybridized carbons (Fsp3) is 0.429. The number of pyridine rings is 1. The normalized spacial score (nSPS) is 14.3. The van der Waals surface area contributed by atoms with Crippen LogP contribution >= 0.6 is 0 Å². The summed E-state index contributed by atoms with van der Waals surface area (Å²) in [4.78, 5) is 4.45. The molecular weight excluding hydrogens is 226 g/mol. The predicted octanol–water partition coefficient (Wildman–Crippen LogP) is 2.87. The van der Waals surface area contributed by atoms with Crippen LogP contribution in [-0.4, -0.2) is 10.1 Å². The van der Waals surface area contributed by atoms with Crippen molar-refractivity contribution in [2.75, 3.05) is 5.32 Å². The number of rotatable bonds is 3. The van der Waals surface area contributed by atoms with Crippen LogP contribution in [0.25, 0.3) is 0 Å². The van der Waals surface area contributed by atoms with Gasteiger partial charge in [-0.15, -0.1) is 0 Å². The Bertz CT molecular complexity index is 548. The van der Waals surface area contributed by atoms with Gasteiger partial charge >= 0.3 is 0 Å². The van der Waals surface area contributed by atoms with E-state index in [2.05, 4.69) is 21.5 Å². The zero-order valence-electron chi connectivity index (χ0n) is 10.6. The van der Waals surface area contributed by atoms with Crippen LogP contribution in [0.5, 0.6) is 0 Å². The molecule has 1 N–H and O–H groups in total. The highest BCUT2D eigenvalue weighted by molar-refractivity contribution is 5.42. The molecule has 3 rings (SSSR count). The van der Waals surface area contributed by atoms with E-state index in [1.807, 2.05) is 13.1 Å². The average Bonchev–Trinajstić information content (AvgIpc) is 2.82. The molecule has 0 spiro atoms. The highest BCUT2D eigenvalue weighted by Crippen LogP contribution is 2.22. The molecule has 0 unspecified atom stereocenters. The number of anilines is 1. The van der Waals surface area contributed by atoms with Crippen molar-refractivity contribution in [3.8, 4) is 0 Å². The first kappa shape index (κ1) is 11.3. The number of hydrogen-bond acceptors (Lipinski definition) is 4. The van der Waals surface area contributed by atoms with E-state index in [4.69, 9.17) is 4.52 Å². The first-order valence-corrected chi connectivity index (χ1v) is 6.44. The zero-order chi connectivity index (χ0) is 12.4. The lowest BCUT2D eigenvalue weighted by Gasteiger charge is -2.16. The Kier molecular flexibility index (Phi) is 3.00. The van der Waals surface area contributed by atoms with Crippen molar-refractivity contribution >= 4 is 5.82 Å². The molecule has 1 aliphatic carbocycles. The van der Waals surface area contributed by atoms with Gasteiger partial charge in [-0.25, -0.2) is 4.98 Å². The Morgan fingerprint density at radius 2 is 2.11 bits per heavy atom. The maximum absolute atomic E-state index is 4.91. The van der Waals surface area contributed by atoms with Crippen LogP contribution in [0, 0.1) is 6.92 Å². The largest absolute Gasteiger partial charge is 0.364 e. The third-order valence-corrected chi connectivity index (χ3v) is 3.51.